The molecule has 3 aromatic rings. The van der Waals surface area contributed by atoms with Crippen molar-refractivity contribution in [1.29, 1.82) is 0 Å². The highest BCUT2D eigenvalue weighted by atomic mass is 16.2. The van der Waals surface area contributed by atoms with Crippen molar-refractivity contribution in [2.45, 2.75) is 32.9 Å². The maximum Gasteiger partial charge on any atom is 0.267 e. The van der Waals surface area contributed by atoms with Crippen molar-refractivity contribution in [3.8, 4) is 0 Å². The second-order valence-corrected chi connectivity index (χ2v) is 7.61. The maximum absolute atomic E-state index is 12.9. The van der Waals surface area contributed by atoms with Crippen LogP contribution in [0.3, 0.4) is 0 Å². The van der Waals surface area contributed by atoms with E-state index < -0.39 is 0 Å². The molecular weight excluding hydrogens is 346 g/mol. The summed E-state index contributed by atoms with van der Waals surface area (Å²) in [6, 6.07) is 18.5. The fraction of sp³-hybridized carbons (Fsp3) is 0.292. The Morgan fingerprint density at radius 1 is 1.14 bits per heavy atom. The number of aromatic nitrogens is 1. The summed E-state index contributed by atoms with van der Waals surface area (Å²) >= 11 is 0. The molecule has 2 atom stereocenters. The molecule has 4 heteroatoms. The van der Waals surface area contributed by atoms with Gasteiger partial charge in [-0.3, -0.25) is 4.79 Å². The Balaban J connectivity index is 1.70. The van der Waals surface area contributed by atoms with Crippen molar-refractivity contribution in [2.75, 3.05) is 0 Å². The molecule has 144 valence electrons. The van der Waals surface area contributed by atoms with E-state index in [-0.39, 0.29) is 11.9 Å². The Bertz CT molecular complexity index is 1030. The lowest BCUT2D eigenvalue weighted by Gasteiger charge is -2.31. The number of benzene rings is 2. The zero-order valence-electron chi connectivity index (χ0n) is 16.7. The van der Waals surface area contributed by atoms with E-state index in [2.05, 4.69) is 60.4 Å². The summed E-state index contributed by atoms with van der Waals surface area (Å²) in [6.07, 6.45) is 3.05. The molecule has 2 unspecified atom stereocenters. The monoisotopic (exact) mass is 373 g/mol. The first kappa shape index (κ1) is 18.4. The predicted octanol–water partition coefficient (Wildman–Crippen LogP) is 4.53. The van der Waals surface area contributed by atoms with Gasteiger partial charge in [-0.15, -0.1) is 0 Å². The van der Waals surface area contributed by atoms with Crippen LogP contribution in [0, 0.1) is 5.92 Å². The highest BCUT2D eigenvalue weighted by Gasteiger charge is 2.31. The normalized spacial score (nSPS) is 16.8. The number of nitrogens with zero attached hydrogens (tertiary/aromatic N) is 1. The molecule has 0 bridgehead atoms. The standard InChI is InChI=1S/C24H27N3O/c1-4-16(2)22-23-19(18-12-8-9-13-21(18)27(23)3)14-20(26-22)24(28)25-15-17-10-6-5-7-11-17/h5-14,16,22,26H,4,15H2,1-3H3,(H,25,28). The van der Waals surface area contributed by atoms with E-state index >= 15 is 0 Å². The zero-order valence-corrected chi connectivity index (χ0v) is 16.7. The van der Waals surface area contributed by atoms with Gasteiger partial charge >= 0.3 is 0 Å². The van der Waals surface area contributed by atoms with Gasteiger partial charge in [-0.05, 0) is 23.6 Å². The minimum Gasteiger partial charge on any atom is -0.372 e. The number of carbonyl (C=O) groups excluding carboxylic acids is 1. The number of fused-ring (bicyclic) bond motifs is 3. The third-order valence-electron chi connectivity index (χ3n) is 5.84. The summed E-state index contributed by atoms with van der Waals surface area (Å²) in [5.41, 5.74) is 5.36. The molecule has 28 heavy (non-hydrogen) atoms. The number of amides is 1. The second kappa shape index (κ2) is 7.55. The number of aryl methyl sites for hydroxylation is 1. The Morgan fingerprint density at radius 3 is 2.61 bits per heavy atom. The molecule has 0 saturated heterocycles. The number of nitrogens with one attached hydrogen (secondary N) is 2. The summed E-state index contributed by atoms with van der Waals surface area (Å²) < 4.78 is 2.27. The molecular formula is C24H27N3O. The van der Waals surface area contributed by atoms with E-state index in [1.165, 1.54) is 16.6 Å². The van der Waals surface area contributed by atoms with E-state index in [0.717, 1.165) is 17.5 Å². The van der Waals surface area contributed by atoms with E-state index in [1.54, 1.807) is 0 Å². The number of carbonyl (C=O) groups is 1. The minimum atomic E-state index is -0.0595. The van der Waals surface area contributed by atoms with Crippen LogP contribution in [0.2, 0.25) is 0 Å². The van der Waals surface area contributed by atoms with Crippen LogP contribution in [0.5, 0.6) is 0 Å². The van der Waals surface area contributed by atoms with Crippen LogP contribution in [0.4, 0.5) is 0 Å². The Morgan fingerprint density at radius 2 is 1.86 bits per heavy atom. The Labute approximate surface area is 166 Å². The van der Waals surface area contributed by atoms with Crippen LogP contribution in [-0.2, 0) is 18.4 Å². The summed E-state index contributed by atoms with van der Waals surface area (Å²) in [5, 5.41) is 7.78. The maximum atomic E-state index is 12.9. The third-order valence-corrected chi connectivity index (χ3v) is 5.84. The van der Waals surface area contributed by atoms with Crippen molar-refractivity contribution in [3.63, 3.8) is 0 Å². The molecule has 4 rings (SSSR count). The van der Waals surface area contributed by atoms with Crippen molar-refractivity contribution >= 4 is 22.9 Å². The second-order valence-electron chi connectivity index (χ2n) is 7.61. The highest BCUT2D eigenvalue weighted by molar-refractivity contribution is 6.02. The van der Waals surface area contributed by atoms with Crippen LogP contribution < -0.4 is 10.6 Å². The summed E-state index contributed by atoms with van der Waals surface area (Å²) in [5.74, 6) is 0.350. The summed E-state index contributed by atoms with van der Waals surface area (Å²) in [4.78, 5) is 12.9. The first-order valence-electron chi connectivity index (χ1n) is 9.97. The average molecular weight is 374 g/mol. The van der Waals surface area contributed by atoms with Gasteiger partial charge in [-0.2, -0.15) is 0 Å². The molecule has 0 aliphatic carbocycles. The van der Waals surface area contributed by atoms with Gasteiger partial charge in [-0.25, -0.2) is 0 Å². The Kier molecular flexibility index (Phi) is 4.95. The van der Waals surface area contributed by atoms with Crippen molar-refractivity contribution < 1.29 is 4.79 Å². The van der Waals surface area contributed by atoms with Gasteiger partial charge in [-0.1, -0.05) is 68.8 Å². The molecule has 0 saturated carbocycles. The topological polar surface area (TPSA) is 46.1 Å². The van der Waals surface area contributed by atoms with E-state index in [9.17, 15) is 4.79 Å². The number of hydrogen-bond acceptors (Lipinski definition) is 2. The molecule has 2 N–H and O–H groups in total. The van der Waals surface area contributed by atoms with E-state index in [4.69, 9.17) is 0 Å². The SMILES string of the molecule is CCC(C)C1NC(C(=O)NCc2ccccc2)=Cc2c1n(C)c1ccccc21. The largest absolute Gasteiger partial charge is 0.372 e. The lowest BCUT2D eigenvalue weighted by Crippen LogP contribution is -2.38. The molecule has 1 aliphatic heterocycles. The summed E-state index contributed by atoms with van der Waals surface area (Å²) in [7, 11) is 2.12. The van der Waals surface area contributed by atoms with Crippen LogP contribution in [0.15, 0.2) is 60.3 Å². The van der Waals surface area contributed by atoms with Crippen molar-refractivity contribution in [2.24, 2.45) is 13.0 Å². The zero-order chi connectivity index (χ0) is 19.7. The van der Waals surface area contributed by atoms with Gasteiger partial charge in [0.1, 0.15) is 5.70 Å². The lowest BCUT2D eigenvalue weighted by molar-refractivity contribution is -0.118. The minimum absolute atomic E-state index is 0.0595. The molecule has 2 aromatic carbocycles. The van der Waals surface area contributed by atoms with Gasteiger partial charge < -0.3 is 15.2 Å². The van der Waals surface area contributed by atoms with Crippen LogP contribution >= 0.6 is 0 Å². The first-order valence-corrected chi connectivity index (χ1v) is 9.97. The van der Waals surface area contributed by atoms with Crippen molar-refractivity contribution in [1.82, 2.24) is 15.2 Å². The van der Waals surface area contributed by atoms with Crippen LogP contribution in [0.1, 0.15) is 43.1 Å². The number of rotatable bonds is 5. The van der Waals surface area contributed by atoms with Gasteiger partial charge in [0.25, 0.3) is 5.91 Å². The van der Waals surface area contributed by atoms with E-state index in [1.807, 2.05) is 36.4 Å². The fourth-order valence-electron chi connectivity index (χ4n) is 4.04. The molecule has 0 fully saturated rings. The predicted molar refractivity (Wildman–Crippen MR) is 115 cm³/mol. The molecule has 1 aliphatic rings. The van der Waals surface area contributed by atoms with E-state index in [0.29, 0.717) is 18.2 Å². The highest BCUT2D eigenvalue weighted by Crippen LogP contribution is 2.38. The van der Waals surface area contributed by atoms with Crippen LogP contribution in [0.25, 0.3) is 17.0 Å². The van der Waals surface area contributed by atoms with Gasteiger partial charge in [0, 0.05) is 35.8 Å². The Hall–Kier alpha value is -3.01. The molecule has 1 aromatic heterocycles. The number of para-hydroxylation sites is 1. The fourth-order valence-corrected chi connectivity index (χ4v) is 4.04. The lowest BCUT2D eigenvalue weighted by atomic mass is 9.90. The molecule has 0 radical (unpaired) electrons. The number of hydrogen-bond donors (Lipinski definition) is 2. The quantitative estimate of drug-likeness (QED) is 0.690. The molecule has 0 spiro atoms. The molecule has 4 nitrogen and oxygen atoms in total. The average Bonchev–Trinajstić information content (AvgIpc) is 3.04. The summed E-state index contributed by atoms with van der Waals surface area (Å²) in [6.45, 7) is 4.96. The molecule has 2 heterocycles. The van der Waals surface area contributed by atoms with Crippen LogP contribution in [-0.4, -0.2) is 10.5 Å². The van der Waals surface area contributed by atoms with Gasteiger partial charge in [0.15, 0.2) is 0 Å². The molecule has 1 amide bonds. The van der Waals surface area contributed by atoms with Gasteiger partial charge in [0.05, 0.1) is 6.04 Å². The third kappa shape index (κ3) is 3.19. The smallest absolute Gasteiger partial charge is 0.267 e. The first-order chi connectivity index (χ1) is 13.6. The van der Waals surface area contributed by atoms with Gasteiger partial charge in [0.2, 0.25) is 0 Å². The van der Waals surface area contributed by atoms with Crippen molar-refractivity contribution in [3.05, 3.63) is 77.1 Å².